The van der Waals surface area contributed by atoms with Crippen molar-refractivity contribution in [3.63, 3.8) is 0 Å². The van der Waals surface area contributed by atoms with Crippen LogP contribution in [0.1, 0.15) is 24.2 Å². The maximum atomic E-state index is 13.0. The quantitative estimate of drug-likeness (QED) is 0.614. The highest BCUT2D eigenvalue weighted by Crippen LogP contribution is 2.41. The summed E-state index contributed by atoms with van der Waals surface area (Å²) in [6.07, 6.45) is 4.23. The molecule has 0 saturated carbocycles. The Morgan fingerprint density at radius 1 is 1.19 bits per heavy atom. The van der Waals surface area contributed by atoms with Gasteiger partial charge in [-0.1, -0.05) is 19.1 Å². The first kappa shape index (κ1) is 16.9. The number of amides is 1. The second kappa shape index (κ2) is 6.67. The number of rotatable bonds is 3. The lowest BCUT2D eigenvalue weighted by molar-refractivity contribution is -0.152. The highest BCUT2D eigenvalue weighted by molar-refractivity contribution is 5.95. The van der Waals surface area contributed by atoms with Crippen molar-refractivity contribution in [2.45, 2.75) is 13.8 Å². The van der Waals surface area contributed by atoms with Crippen LogP contribution in [0.25, 0.3) is 0 Å². The van der Waals surface area contributed by atoms with Gasteiger partial charge in [0.2, 0.25) is 6.79 Å². The zero-order chi connectivity index (χ0) is 18.3. The van der Waals surface area contributed by atoms with Gasteiger partial charge < -0.3 is 19.1 Å². The van der Waals surface area contributed by atoms with Crippen LogP contribution in [0.2, 0.25) is 0 Å². The molecule has 1 aromatic rings. The van der Waals surface area contributed by atoms with E-state index in [0.29, 0.717) is 36.8 Å². The molecule has 4 rings (SSSR count). The molecule has 1 aromatic carbocycles. The summed E-state index contributed by atoms with van der Waals surface area (Å²) >= 11 is 0. The van der Waals surface area contributed by atoms with Crippen LogP contribution in [0.15, 0.2) is 30.4 Å². The Kier molecular flexibility index (Phi) is 4.34. The summed E-state index contributed by atoms with van der Waals surface area (Å²) in [5.74, 6) is 1.29. The molecular formula is C20H23NO5. The molecule has 0 bridgehead atoms. The summed E-state index contributed by atoms with van der Waals surface area (Å²) in [5.41, 5.74) is 0.581. The average molecular weight is 357 g/mol. The number of ether oxygens (including phenoxy) is 3. The van der Waals surface area contributed by atoms with E-state index in [2.05, 4.69) is 12.2 Å². The van der Waals surface area contributed by atoms with E-state index in [1.165, 1.54) is 0 Å². The van der Waals surface area contributed by atoms with E-state index in [9.17, 15) is 9.59 Å². The van der Waals surface area contributed by atoms with Crippen LogP contribution in [-0.2, 0) is 9.53 Å². The van der Waals surface area contributed by atoms with Gasteiger partial charge in [0.15, 0.2) is 11.5 Å². The van der Waals surface area contributed by atoms with Crippen molar-refractivity contribution in [3.05, 3.63) is 35.9 Å². The van der Waals surface area contributed by atoms with E-state index < -0.39 is 0 Å². The molecule has 2 heterocycles. The number of hydrogen-bond donors (Lipinski definition) is 0. The zero-order valence-corrected chi connectivity index (χ0v) is 15.0. The molecule has 1 saturated heterocycles. The van der Waals surface area contributed by atoms with E-state index in [0.717, 1.165) is 0 Å². The number of fused-ring (bicyclic) bond motifs is 2. The fraction of sp³-hybridized carbons (Fsp3) is 0.500. The number of benzene rings is 1. The minimum absolute atomic E-state index is 0.0404. The van der Waals surface area contributed by atoms with E-state index in [1.54, 1.807) is 18.2 Å². The van der Waals surface area contributed by atoms with Crippen molar-refractivity contribution in [1.29, 1.82) is 0 Å². The van der Waals surface area contributed by atoms with Crippen molar-refractivity contribution < 1.29 is 23.8 Å². The van der Waals surface area contributed by atoms with Gasteiger partial charge in [-0.05, 0) is 42.9 Å². The van der Waals surface area contributed by atoms with Crippen LogP contribution in [-0.4, -0.2) is 43.3 Å². The zero-order valence-electron chi connectivity index (χ0n) is 15.0. The second-order valence-electron chi connectivity index (χ2n) is 7.13. The van der Waals surface area contributed by atoms with Crippen LogP contribution >= 0.6 is 0 Å². The molecule has 4 atom stereocenters. The van der Waals surface area contributed by atoms with Crippen molar-refractivity contribution >= 4 is 11.9 Å². The maximum absolute atomic E-state index is 13.0. The van der Waals surface area contributed by atoms with Gasteiger partial charge in [-0.2, -0.15) is 0 Å². The molecule has 1 amide bonds. The monoisotopic (exact) mass is 357 g/mol. The Morgan fingerprint density at radius 2 is 2.00 bits per heavy atom. The van der Waals surface area contributed by atoms with Gasteiger partial charge in [-0.3, -0.25) is 9.59 Å². The van der Waals surface area contributed by atoms with Gasteiger partial charge in [0.1, 0.15) is 0 Å². The third-order valence-electron chi connectivity index (χ3n) is 5.57. The Balaban J connectivity index is 1.53. The molecule has 0 unspecified atom stereocenters. The lowest BCUT2D eigenvalue weighted by Crippen LogP contribution is -2.37. The molecule has 0 spiro atoms. The van der Waals surface area contributed by atoms with E-state index in [1.807, 2.05) is 18.7 Å². The first-order valence-electron chi connectivity index (χ1n) is 9.12. The standard InChI is InChI=1S/C20H23NO5/c1-3-24-20(23)18-12(2)4-5-14-9-21(10-15(14)18)19(22)13-6-7-16-17(8-13)26-11-25-16/h4-8,12,14-15,18H,3,9-11H2,1-2H3/t12-,14-,15-,18-/m0/s1. The Morgan fingerprint density at radius 3 is 2.81 bits per heavy atom. The number of carbonyl (C=O) groups is 2. The summed E-state index contributed by atoms with van der Waals surface area (Å²) in [7, 11) is 0. The molecule has 0 aromatic heterocycles. The van der Waals surface area contributed by atoms with Crippen LogP contribution in [0.5, 0.6) is 11.5 Å². The maximum Gasteiger partial charge on any atom is 0.309 e. The average Bonchev–Trinajstić information content (AvgIpc) is 3.26. The van der Waals surface area contributed by atoms with Gasteiger partial charge >= 0.3 is 5.97 Å². The van der Waals surface area contributed by atoms with E-state index in [4.69, 9.17) is 14.2 Å². The van der Waals surface area contributed by atoms with Crippen LogP contribution < -0.4 is 9.47 Å². The summed E-state index contributed by atoms with van der Waals surface area (Å²) in [6, 6.07) is 5.26. The first-order chi connectivity index (χ1) is 12.6. The van der Waals surface area contributed by atoms with Crippen LogP contribution in [0.4, 0.5) is 0 Å². The number of esters is 1. The number of hydrogen-bond acceptors (Lipinski definition) is 5. The number of allylic oxidation sites excluding steroid dienone is 1. The van der Waals surface area contributed by atoms with Gasteiger partial charge in [-0.15, -0.1) is 0 Å². The minimum atomic E-state index is -0.195. The summed E-state index contributed by atoms with van der Waals surface area (Å²) in [4.78, 5) is 27.2. The lowest BCUT2D eigenvalue weighted by Gasteiger charge is -2.31. The van der Waals surface area contributed by atoms with Gasteiger partial charge in [0.05, 0.1) is 12.5 Å². The number of likely N-dealkylation sites (tertiary alicyclic amines) is 1. The topological polar surface area (TPSA) is 65.1 Å². The van der Waals surface area contributed by atoms with Crippen LogP contribution in [0, 0.1) is 23.7 Å². The lowest BCUT2D eigenvalue weighted by atomic mass is 9.72. The van der Waals surface area contributed by atoms with Crippen molar-refractivity contribution in [3.8, 4) is 11.5 Å². The molecule has 6 heteroatoms. The molecule has 1 fully saturated rings. The number of nitrogens with zero attached hydrogens (tertiary/aromatic N) is 1. The smallest absolute Gasteiger partial charge is 0.309 e. The largest absolute Gasteiger partial charge is 0.466 e. The van der Waals surface area contributed by atoms with Gasteiger partial charge in [-0.25, -0.2) is 0 Å². The molecule has 0 N–H and O–H groups in total. The SMILES string of the molecule is CCOC(=O)[C@@H]1[C@H]2CN(C(=O)c3ccc4c(c3)OCO4)C[C@@H]2C=C[C@@H]1C. The van der Waals surface area contributed by atoms with E-state index in [-0.39, 0.29) is 42.3 Å². The molecular weight excluding hydrogens is 334 g/mol. The molecule has 1 aliphatic carbocycles. The summed E-state index contributed by atoms with van der Waals surface area (Å²) in [5, 5.41) is 0. The van der Waals surface area contributed by atoms with E-state index >= 15 is 0 Å². The molecule has 6 nitrogen and oxygen atoms in total. The second-order valence-corrected chi connectivity index (χ2v) is 7.13. The molecule has 138 valence electrons. The molecule has 3 aliphatic rings. The predicted molar refractivity (Wildman–Crippen MR) is 93.9 cm³/mol. The third kappa shape index (κ3) is 2.83. The predicted octanol–water partition coefficient (Wildman–Crippen LogP) is 2.49. The highest BCUT2D eigenvalue weighted by atomic mass is 16.7. The minimum Gasteiger partial charge on any atom is -0.466 e. The molecule has 0 radical (unpaired) electrons. The Labute approximate surface area is 152 Å². The Bertz CT molecular complexity index is 759. The molecule has 2 aliphatic heterocycles. The number of carbonyl (C=O) groups excluding carboxylic acids is 2. The molecule has 26 heavy (non-hydrogen) atoms. The van der Waals surface area contributed by atoms with Gasteiger partial charge in [0.25, 0.3) is 5.91 Å². The van der Waals surface area contributed by atoms with Gasteiger partial charge in [0, 0.05) is 18.7 Å². The fourth-order valence-electron chi connectivity index (χ4n) is 4.27. The van der Waals surface area contributed by atoms with Crippen molar-refractivity contribution in [2.24, 2.45) is 23.7 Å². The third-order valence-corrected chi connectivity index (χ3v) is 5.57. The van der Waals surface area contributed by atoms with Crippen molar-refractivity contribution in [1.82, 2.24) is 4.90 Å². The Hall–Kier alpha value is -2.50. The fourth-order valence-corrected chi connectivity index (χ4v) is 4.27. The van der Waals surface area contributed by atoms with Crippen LogP contribution in [0.3, 0.4) is 0 Å². The summed E-state index contributed by atoms with van der Waals surface area (Å²) < 4.78 is 16.0. The summed E-state index contributed by atoms with van der Waals surface area (Å²) in [6.45, 7) is 5.61. The highest BCUT2D eigenvalue weighted by Gasteiger charge is 2.46. The first-order valence-corrected chi connectivity index (χ1v) is 9.12. The van der Waals surface area contributed by atoms with Crippen molar-refractivity contribution in [2.75, 3.05) is 26.5 Å². The normalized spacial score (nSPS) is 28.8.